The lowest BCUT2D eigenvalue weighted by molar-refractivity contribution is 0.544. The first-order chi connectivity index (χ1) is 7.50. The van der Waals surface area contributed by atoms with E-state index in [0.717, 1.165) is 11.4 Å². The molecule has 0 fully saturated rings. The largest absolute Gasteiger partial charge is 0.381 e. The summed E-state index contributed by atoms with van der Waals surface area (Å²) < 4.78 is 1.74. The van der Waals surface area contributed by atoms with Gasteiger partial charge in [-0.1, -0.05) is 26.0 Å². The SMILES string of the molecule is CC(C)(C)c1c(N)nnn1-c1cccnc1. The van der Waals surface area contributed by atoms with Crippen molar-refractivity contribution in [2.75, 3.05) is 5.73 Å². The second-order valence-corrected chi connectivity index (χ2v) is 4.70. The molecule has 0 unspecified atom stereocenters. The first-order valence-corrected chi connectivity index (χ1v) is 5.12. The van der Waals surface area contributed by atoms with Crippen molar-refractivity contribution in [3.63, 3.8) is 0 Å². The van der Waals surface area contributed by atoms with Crippen LogP contribution in [0.1, 0.15) is 26.5 Å². The molecule has 0 bridgehead atoms. The monoisotopic (exact) mass is 217 g/mol. The summed E-state index contributed by atoms with van der Waals surface area (Å²) >= 11 is 0. The molecule has 2 aromatic rings. The van der Waals surface area contributed by atoms with Crippen molar-refractivity contribution >= 4 is 5.82 Å². The highest BCUT2D eigenvalue weighted by atomic mass is 15.4. The lowest BCUT2D eigenvalue weighted by Gasteiger charge is -2.19. The maximum atomic E-state index is 5.85. The highest BCUT2D eigenvalue weighted by Crippen LogP contribution is 2.27. The Kier molecular flexibility index (Phi) is 2.38. The van der Waals surface area contributed by atoms with Gasteiger partial charge in [0.25, 0.3) is 0 Å². The predicted molar refractivity (Wildman–Crippen MR) is 62.3 cm³/mol. The van der Waals surface area contributed by atoms with Crippen LogP contribution < -0.4 is 5.73 Å². The van der Waals surface area contributed by atoms with E-state index in [4.69, 9.17) is 5.73 Å². The van der Waals surface area contributed by atoms with Crippen LogP contribution in [0.3, 0.4) is 0 Å². The number of aromatic nitrogens is 4. The fourth-order valence-corrected chi connectivity index (χ4v) is 1.66. The van der Waals surface area contributed by atoms with Crippen LogP contribution in [-0.2, 0) is 5.41 Å². The van der Waals surface area contributed by atoms with E-state index in [1.165, 1.54) is 0 Å². The molecule has 0 radical (unpaired) electrons. The smallest absolute Gasteiger partial charge is 0.170 e. The van der Waals surface area contributed by atoms with E-state index >= 15 is 0 Å². The molecule has 0 aliphatic carbocycles. The Labute approximate surface area is 94.3 Å². The van der Waals surface area contributed by atoms with E-state index in [1.807, 2.05) is 12.1 Å². The number of hydrogen-bond donors (Lipinski definition) is 1. The Hall–Kier alpha value is -1.91. The number of nitrogen functional groups attached to an aromatic ring is 1. The van der Waals surface area contributed by atoms with Crippen molar-refractivity contribution in [2.45, 2.75) is 26.2 Å². The van der Waals surface area contributed by atoms with Crippen LogP contribution in [0, 0.1) is 0 Å². The van der Waals surface area contributed by atoms with Crippen LogP contribution in [0.2, 0.25) is 0 Å². The summed E-state index contributed by atoms with van der Waals surface area (Å²) in [5.74, 6) is 0.469. The Morgan fingerprint density at radius 2 is 2.06 bits per heavy atom. The fourth-order valence-electron chi connectivity index (χ4n) is 1.66. The highest BCUT2D eigenvalue weighted by molar-refractivity contribution is 5.43. The van der Waals surface area contributed by atoms with Crippen molar-refractivity contribution < 1.29 is 0 Å². The zero-order valence-corrected chi connectivity index (χ0v) is 9.68. The first kappa shape index (κ1) is 10.6. The van der Waals surface area contributed by atoms with Crippen LogP contribution in [0.4, 0.5) is 5.82 Å². The molecule has 16 heavy (non-hydrogen) atoms. The molecule has 0 aromatic carbocycles. The third kappa shape index (κ3) is 1.76. The number of pyridine rings is 1. The number of rotatable bonds is 1. The summed E-state index contributed by atoms with van der Waals surface area (Å²) in [6.07, 6.45) is 3.46. The van der Waals surface area contributed by atoms with E-state index in [9.17, 15) is 0 Å². The molecule has 0 amide bonds. The molecule has 2 heterocycles. The molecular weight excluding hydrogens is 202 g/mol. The van der Waals surface area contributed by atoms with E-state index in [1.54, 1.807) is 17.1 Å². The molecule has 0 aliphatic rings. The van der Waals surface area contributed by atoms with Gasteiger partial charge in [0, 0.05) is 11.6 Å². The second-order valence-electron chi connectivity index (χ2n) is 4.70. The Balaban J connectivity index is 2.60. The summed E-state index contributed by atoms with van der Waals surface area (Å²) in [4.78, 5) is 4.06. The van der Waals surface area contributed by atoms with Gasteiger partial charge in [-0.2, -0.15) is 0 Å². The third-order valence-electron chi connectivity index (χ3n) is 2.30. The van der Waals surface area contributed by atoms with Gasteiger partial charge >= 0.3 is 0 Å². The number of hydrogen-bond acceptors (Lipinski definition) is 4. The van der Waals surface area contributed by atoms with E-state index in [-0.39, 0.29) is 5.41 Å². The molecule has 0 saturated heterocycles. The van der Waals surface area contributed by atoms with Crippen LogP contribution >= 0.6 is 0 Å². The van der Waals surface area contributed by atoms with Gasteiger partial charge in [-0.05, 0) is 12.1 Å². The molecule has 0 spiro atoms. The van der Waals surface area contributed by atoms with Gasteiger partial charge in [-0.3, -0.25) is 4.98 Å². The van der Waals surface area contributed by atoms with Gasteiger partial charge in [0.1, 0.15) is 0 Å². The molecule has 2 rings (SSSR count). The Bertz CT molecular complexity index is 481. The average molecular weight is 217 g/mol. The zero-order chi connectivity index (χ0) is 11.8. The van der Waals surface area contributed by atoms with Crippen LogP contribution in [0.15, 0.2) is 24.5 Å². The summed E-state index contributed by atoms with van der Waals surface area (Å²) in [5, 5.41) is 7.98. The standard InChI is InChI=1S/C11H15N5/c1-11(2,3)9-10(12)14-15-16(9)8-5-4-6-13-7-8/h4-7H,12H2,1-3H3. The maximum Gasteiger partial charge on any atom is 0.170 e. The summed E-state index contributed by atoms with van der Waals surface area (Å²) in [6.45, 7) is 6.23. The minimum absolute atomic E-state index is 0.108. The van der Waals surface area contributed by atoms with Crippen LogP contribution in [0.5, 0.6) is 0 Å². The third-order valence-corrected chi connectivity index (χ3v) is 2.30. The maximum absolute atomic E-state index is 5.85. The number of nitrogens with two attached hydrogens (primary N) is 1. The normalized spacial score (nSPS) is 11.7. The minimum Gasteiger partial charge on any atom is -0.381 e. The quantitative estimate of drug-likeness (QED) is 0.786. The summed E-state index contributed by atoms with van der Waals surface area (Å²) in [6, 6.07) is 3.79. The molecule has 5 heteroatoms. The minimum atomic E-state index is -0.108. The fraction of sp³-hybridized carbons (Fsp3) is 0.364. The van der Waals surface area contributed by atoms with Gasteiger partial charge in [-0.25, -0.2) is 4.68 Å². The lowest BCUT2D eigenvalue weighted by Crippen LogP contribution is -2.19. The molecule has 0 saturated carbocycles. The van der Waals surface area contributed by atoms with Gasteiger partial charge in [0.05, 0.1) is 17.6 Å². The molecule has 84 valence electrons. The van der Waals surface area contributed by atoms with Crippen molar-refractivity contribution in [1.82, 2.24) is 20.0 Å². The van der Waals surface area contributed by atoms with Crippen LogP contribution in [-0.4, -0.2) is 20.0 Å². The highest BCUT2D eigenvalue weighted by Gasteiger charge is 2.24. The van der Waals surface area contributed by atoms with Crippen LogP contribution in [0.25, 0.3) is 5.69 Å². The molecule has 0 aliphatic heterocycles. The Morgan fingerprint density at radius 1 is 1.31 bits per heavy atom. The zero-order valence-electron chi connectivity index (χ0n) is 9.68. The number of nitrogens with zero attached hydrogens (tertiary/aromatic N) is 4. The van der Waals surface area contributed by atoms with E-state index in [2.05, 4.69) is 36.1 Å². The molecule has 0 atom stereocenters. The summed E-state index contributed by atoms with van der Waals surface area (Å²) in [7, 11) is 0. The summed E-state index contributed by atoms with van der Waals surface area (Å²) in [5.41, 5.74) is 7.52. The van der Waals surface area contributed by atoms with Crippen molar-refractivity contribution in [2.24, 2.45) is 0 Å². The van der Waals surface area contributed by atoms with Gasteiger partial charge < -0.3 is 5.73 Å². The topological polar surface area (TPSA) is 69.6 Å². The second kappa shape index (κ2) is 3.59. The molecule has 5 nitrogen and oxygen atoms in total. The predicted octanol–water partition coefficient (Wildman–Crippen LogP) is 1.54. The molecular formula is C11H15N5. The van der Waals surface area contributed by atoms with Crippen molar-refractivity contribution in [3.05, 3.63) is 30.2 Å². The first-order valence-electron chi connectivity index (χ1n) is 5.12. The van der Waals surface area contributed by atoms with Crippen molar-refractivity contribution in [3.8, 4) is 5.69 Å². The van der Waals surface area contributed by atoms with Gasteiger partial charge in [-0.15, -0.1) is 5.10 Å². The van der Waals surface area contributed by atoms with E-state index < -0.39 is 0 Å². The Morgan fingerprint density at radius 3 is 2.62 bits per heavy atom. The van der Waals surface area contributed by atoms with Crippen molar-refractivity contribution in [1.29, 1.82) is 0 Å². The number of anilines is 1. The molecule has 2 aromatic heterocycles. The molecule has 2 N–H and O–H groups in total. The average Bonchev–Trinajstić information content (AvgIpc) is 2.61. The van der Waals surface area contributed by atoms with Gasteiger partial charge in [0.2, 0.25) is 0 Å². The van der Waals surface area contributed by atoms with E-state index in [0.29, 0.717) is 5.82 Å². The lowest BCUT2D eigenvalue weighted by atomic mass is 9.92. The van der Waals surface area contributed by atoms with Gasteiger partial charge in [0.15, 0.2) is 5.82 Å².